The van der Waals surface area contributed by atoms with Crippen molar-refractivity contribution in [2.75, 3.05) is 6.54 Å². The summed E-state index contributed by atoms with van der Waals surface area (Å²) in [6, 6.07) is 4.27. The van der Waals surface area contributed by atoms with Crippen molar-refractivity contribution in [3.8, 4) is 10.4 Å². The first-order valence-corrected chi connectivity index (χ1v) is 5.87. The highest BCUT2D eigenvalue weighted by Gasteiger charge is 2.05. The minimum atomic E-state index is 0.670. The molecule has 2 aromatic heterocycles. The molecule has 0 radical (unpaired) electrons. The molecule has 0 saturated heterocycles. The van der Waals surface area contributed by atoms with E-state index in [-0.39, 0.29) is 0 Å². The van der Waals surface area contributed by atoms with Crippen LogP contribution in [0.25, 0.3) is 10.4 Å². The van der Waals surface area contributed by atoms with Gasteiger partial charge in [-0.2, -0.15) is 0 Å². The lowest BCUT2D eigenvalue weighted by Gasteiger charge is -2.05. The maximum Gasteiger partial charge on any atom is 0.0349 e. The molecule has 0 bridgehead atoms. The van der Waals surface area contributed by atoms with E-state index in [1.807, 2.05) is 12.4 Å². The third kappa shape index (κ3) is 2.25. The number of nitrogens with zero attached hydrogens (tertiary/aromatic N) is 1. The summed E-state index contributed by atoms with van der Waals surface area (Å²) in [4.78, 5) is 5.45. The summed E-state index contributed by atoms with van der Waals surface area (Å²) in [7, 11) is 0. The van der Waals surface area contributed by atoms with Gasteiger partial charge in [-0.25, -0.2) is 0 Å². The molecule has 0 spiro atoms. The van der Waals surface area contributed by atoms with Crippen LogP contribution in [0.4, 0.5) is 0 Å². The number of nitrogens with two attached hydrogens (primary N) is 1. The van der Waals surface area contributed by atoms with Crippen LogP contribution in [-0.2, 0) is 6.42 Å². The average molecular weight is 218 g/mol. The molecule has 0 amide bonds. The first-order valence-electron chi connectivity index (χ1n) is 4.99. The molecular formula is C12H14N2S. The predicted molar refractivity (Wildman–Crippen MR) is 65.0 cm³/mol. The fourth-order valence-electron chi connectivity index (χ4n) is 1.59. The summed E-state index contributed by atoms with van der Waals surface area (Å²) in [5.41, 5.74) is 9.41. The van der Waals surface area contributed by atoms with Crippen molar-refractivity contribution in [3.63, 3.8) is 0 Å². The second-order valence-electron chi connectivity index (χ2n) is 3.56. The first-order chi connectivity index (χ1) is 7.31. The van der Waals surface area contributed by atoms with E-state index in [4.69, 9.17) is 5.73 Å². The van der Waals surface area contributed by atoms with Crippen molar-refractivity contribution in [3.05, 3.63) is 41.0 Å². The van der Waals surface area contributed by atoms with E-state index in [0.717, 1.165) is 6.42 Å². The molecule has 2 nitrogen and oxygen atoms in total. The predicted octanol–water partition coefficient (Wildman–Crippen LogP) is 2.62. The van der Waals surface area contributed by atoms with Gasteiger partial charge in [-0.1, -0.05) is 0 Å². The van der Waals surface area contributed by atoms with Crippen LogP contribution in [0.3, 0.4) is 0 Å². The lowest BCUT2D eigenvalue weighted by molar-refractivity contribution is 0.961. The average Bonchev–Trinajstić information content (AvgIpc) is 2.66. The molecule has 0 aromatic carbocycles. The van der Waals surface area contributed by atoms with Gasteiger partial charge in [0.15, 0.2) is 0 Å². The van der Waals surface area contributed by atoms with Crippen molar-refractivity contribution in [2.24, 2.45) is 5.73 Å². The highest BCUT2D eigenvalue weighted by Crippen LogP contribution is 2.29. The quantitative estimate of drug-likeness (QED) is 0.860. The van der Waals surface area contributed by atoms with Crippen LogP contribution in [0.1, 0.15) is 11.1 Å². The summed E-state index contributed by atoms with van der Waals surface area (Å²) in [6.45, 7) is 2.78. The summed E-state index contributed by atoms with van der Waals surface area (Å²) in [5.74, 6) is 0. The van der Waals surface area contributed by atoms with Gasteiger partial charge in [0.05, 0.1) is 0 Å². The minimum Gasteiger partial charge on any atom is -0.330 e. The lowest BCUT2D eigenvalue weighted by Crippen LogP contribution is -2.04. The minimum absolute atomic E-state index is 0.670. The van der Waals surface area contributed by atoms with E-state index < -0.39 is 0 Å². The Morgan fingerprint density at radius 2 is 2.33 bits per heavy atom. The molecule has 0 aliphatic rings. The highest BCUT2D eigenvalue weighted by atomic mass is 32.1. The van der Waals surface area contributed by atoms with Crippen molar-refractivity contribution in [2.45, 2.75) is 13.3 Å². The number of aromatic nitrogens is 1. The van der Waals surface area contributed by atoms with Crippen molar-refractivity contribution in [1.82, 2.24) is 4.98 Å². The summed E-state index contributed by atoms with van der Waals surface area (Å²) >= 11 is 1.77. The zero-order chi connectivity index (χ0) is 10.7. The van der Waals surface area contributed by atoms with Gasteiger partial charge in [0, 0.05) is 17.3 Å². The number of thiophene rings is 1. The van der Waals surface area contributed by atoms with Gasteiger partial charge in [0.2, 0.25) is 0 Å². The van der Waals surface area contributed by atoms with Crippen LogP contribution in [0.2, 0.25) is 0 Å². The zero-order valence-electron chi connectivity index (χ0n) is 8.73. The Kier molecular flexibility index (Phi) is 3.14. The molecule has 3 heteroatoms. The summed E-state index contributed by atoms with van der Waals surface area (Å²) in [6.07, 6.45) is 4.64. The van der Waals surface area contributed by atoms with E-state index in [1.54, 1.807) is 11.3 Å². The van der Waals surface area contributed by atoms with Gasteiger partial charge in [-0.05, 0) is 54.1 Å². The second-order valence-corrected chi connectivity index (χ2v) is 4.47. The van der Waals surface area contributed by atoms with E-state index in [1.165, 1.54) is 21.6 Å². The van der Waals surface area contributed by atoms with Gasteiger partial charge in [-0.15, -0.1) is 11.3 Å². The normalized spacial score (nSPS) is 10.5. The van der Waals surface area contributed by atoms with Crippen molar-refractivity contribution >= 4 is 11.3 Å². The Labute approximate surface area is 93.8 Å². The van der Waals surface area contributed by atoms with Gasteiger partial charge in [-0.3, -0.25) is 4.98 Å². The summed E-state index contributed by atoms with van der Waals surface area (Å²) < 4.78 is 0. The molecule has 2 aromatic rings. The van der Waals surface area contributed by atoms with Crippen molar-refractivity contribution in [1.29, 1.82) is 0 Å². The van der Waals surface area contributed by atoms with E-state index in [9.17, 15) is 0 Å². The summed E-state index contributed by atoms with van der Waals surface area (Å²) in [5, 5.41) is 2.17. The van der Waals surface area contributed by atoms with E-state index in [2.05, 4.69) is 29.4 Å². The standard InChI is InChI=1S/C12H14N2S/c1-9-6-12(15-8-9)11-3-5-14-7-10(11)2-4-13/h3,5-8H,2,4,13H2,1H3. The molecule has 0 saturated carbocycles. The zero-order valence-corrected chi connectivity index (χ0v) is 9.55. The number of aryl methyl sites for hydroxylation is 1. The molecule has 0 fully saturated rings. The van der Waals surface area contributed by atoms with Gasteiger partial charge in [0.25, 0.3) is 0 Å². The molecule has 2 heterocycles. The molecule has 15 heavy (non-hydrogen) atoms. The lowest BCUT2D eigenvalue weighted by atomic mass is 10.1. The van der Waals surface area contributed by atoms with Crippen molar-refractivity contribution < 1.29 is 0 Å². The molecule has 0 unspecified atom stereocenters. The van der Waals surface area contributed by atoms with Gasteiger partial charge < -0.3 is 5.73 Å². The molecular weight excluding hydrogens is 204 g/mol. The topological polar surface area (TPSA) is 38.9 Å². The van der Waals surface area contributed by atoms with Crippen LogP contribution in [-0.4, -0.2) is 11.5 Å². The molecule has 0 aliphatic heterocycles. The molecule has 0 aliphatic carbocycles. The van der Waals surface area contributed by atoms with Crippen LogP contribution in [0.15, 0.2) is 29.9 Å². The van der Waals surface area contributed by atoms with Gasteiger partial charge >= 0.3 is 0 Å². The Balaban J connectivity index is 2.42. The molecule has 78 valence electrons. The third-order valence-corrected chi connectivity index (χ3v) is 3.39. The van der Waals surface area contributed by atoms with E-state index in [0.29, 0.717) is 6.54 Å². The number of hydrogen-bond acceptors (Lipinski definition) is 3. The Morgan fingerprint density at radius 1 is 1.47 bits per heavy atom. The largest absolute Gasteiger partial charge is 0.330 e. The molecule has 0 atom stereocenters. The van der Waals surface area contributed by atoms with E-state index >= 15 is 0 Å². The van der Waals surface area contributed by atoms with Crippen LogP contribution >= 0.6 is 11.3 Å². The Morgan fingerprint density at radius 3 is 3.00 bits per heavy atom. The maximum atomic E-state index is 5.59. The molecule has 2 rings (SSSR count). The molecule has 2 N–H and O–H groups in total. The Bertz CT molecular complexity index is 448. The second kappa shape index (κ2) is 4.55. The monoisotopic (exact) mass is 218 g/mol. The Hall–Kier alpha value is -1.19. The third-order valence-electron chi connectivity index (χ3n) is 2.31. The number of pyridine rings is 1. The fraction of sp³-hybridized carbons (Fsp3) is 0.250. The maximum absolute atomic E-state index is 5.59. The van der Waals surface area contributed by atoms with Crippen LogP contribution in [0, 0.1) is 6.92 Å². The fourth-order valence-corrected chi connectivity index (χ4v) is 2.56. The van der Waals surface area contributed by atoms with Gasteiger partial charge in [0.1, 0.15) is 0 Å². The highest BCUT2D eigenvalue weighted by molar-refractivity contribution is 7.13. The van der Waals surface area contributed by atoms with Crippen LogP contribution in [0.5, 0.6) is 0 Å². The first kappa shape index (κ1) is 10.3. The number of rotatable bonds is 3. The van der Waals surface area contributed by atoms with Crippen LogP contribution < -0.4 is 5.73 Å². The smallest absolute Gasteiger partial charge is 0.0349 e. The SMILES string of the molecule is Cc1csc(-c2ccncc2CCN)c1. The number of hydrogen-bond donors (Lipinski definition) is 1.